The van der Waals surface area contributed by atoms with Crippen molar-refractivity contribution in [1.82, 2.24) is 19.6 Å². The summed E-state index contributed by atoms with van der Waals surface area (Å²) in [4.78, 5) is 8.73. The van der Waals surface area contributed by atoms with Gasteiger partial charge in [0.15, 0.2) is 0 Å². The van der Waals surface area contributed by atoms with Crippen LogP contribution < -0.4 is 5.32 Å². The van der Waals surface area contributed by atoms with Gasteiger partial charge in [0.1, 0.15) is 12.1 Å². The number of anilines is 1. The fourth-order valence-electron chi connectivity index (χ4n) is 3.72. The van der Waals surface area contributed by atoms with Gasteiger partial charge < -0.3 is 10.1 Å². The van der Waals surface area contributed by atoms with Gasteiger partial charge in [-0.15, -0.1) is 0 Å². The number of methoxy groups -OCH3 is 1. The molecule has 0 radical (unpaired) electrons. The topological polar surface area (TPSA) is 64.3 Å². The van der Waals surface area contributed by atoms with Crippen molar-refractivity contribution >= 4 is 11.6 Å². The van der Waals surface area contributed by atoms with Gasteiger partial charge >= 0.3 is 0 Å². The van der Waals surface area contributed by atoms with E-state index in [2.05, 4.69) is 51.6 Å². The maximum absolute atomic E-state index is 5.25. The number of aromatic nitrogens is 4. The Bertz CT molecular complexity index is 875. The molecule has 6 nitrogen and oxygen atoms in total. The summed E-state index contributed by atoms with van der Waals surface area (Å²) in [5, 5.41) is 8.05. The largest absolute Gasteiger partial charge is 0.378 e. The molecule has 1 N–H and O–H groups in total. The Morgan fingerprint density at radius 1 is 1.32 bits per heavy atom. The minimum atomic E-state index is 0.240. The maximum atomic E-state index is 5.25. The number of nitrogens with one attached hydrogen (secondary N) is 1. The molecular weight excluding hydrogens is 314 g/mol. The normalized spacial score (nSPS) is 20.2. The third-order valence-corrected chi connectivity index (χ3v) is 4.97. The molecule has 6 heteroatoms. The molecule has 0 unspecified atom stereocenters. The van der Waals surface area contributed by atoms with Gasteiger partial charge in [0.2, 0.25) is 0 Å². The molecule has 130 valence electrons. The minimum Gasteiger partial charge on any atom is -0.378 e. The zero-order valence-corrected chi connectivity index (χ0v) is 14.6. The first kappa shape index (κ1) is 16.0. The van der Waals surface area contributed by atoms with Gasteiger partial charge in [0.05, 0.1) is 18.3 Å². The van der Waals surface area contributed by atoms with Crippen molar-refractivity contribution < 1.29 is 4.74 Å². The first-order valence-corrected chi connectivity index (χ1v) is 8.79. The van der Waals surface area contributed by atoms with Crippen LogP contribution in [-0.4, -0.2) is 26.7 Å². The molecule has 25 heavy (non-hydrogen) atoms. The SMILES string of the molecule is COCc1cc(N[C@@H]2c3ccccc3CCC[C@@H]2C)n2ncnc2n1. The first-order valence-electron chi connectivity index (χ1n) is 8.79. The number of aryl methyl sites for hydroxylation is 1. The molecule has 2 heterocycles. The van der Waals surface area contributed by atoms with Crippen LogP contribution in [0.15, 0.2) is 36.7 Å². The summed E-state index contributed by atoms with van der Waals surface area (Å²) in [5.41, 5.74) is 3.66. The molecule has 1 aliphatic rings. The van der Waals surface area contributed by atoms with Gasteiger partial charge in [-0.3, -0.25) is 0 Å². The van der Waals surface area contributed by atoms with Crippen LogP contribution in [0.4, 0.5) is 5.82 Å². The van der Waals surface area contributed by atoms with Gasteiger partial charge in [-0.05, 0) is 36.3 Å². The van der Waals surface area contributed by atoms with Crippen LogP contribution in [0.1, 0.15) is 42.6 Å². The highest BCUT2D eigenvalue weighted by Crippen LogP contribution is 2.35. The quantitative estimate of drug-likeness (QED) is 0.739. The second-order valence-electron chi connectivity index (χ2n) is 6.73. The smallest absolute Gasteiger partial charge is 0.254 e. The van der Waals surface area contributed by atoms with E-state index in [0.717, 1.165) is 17.9 Å². The predicted molar refractivity (Wildman–Crippen MR) is 96.4 cm³/mol. The summed E-state index contributed by atoms with van der Waals surface area (Å²) in [6.07, 6.45) is 5.10. The highest BCUT2D eigenvalue weighted by Gasteiger charge is 2.25. The number of rotatable bonds is 4. The van der Waals surface area contributed by atoms with Crippen molar-refractivity contribution in [2.75, 3.05) is 12.4 Å². The van der Waals surface area contributed by atoms with Crippen molar-refractivity contribution in [2.24, 2.45) is 5.92 Å². The number of hydrogen-bond donors (Lipinski definition) is 1. The fourth-order valence-corrected chi connectivity index (χ4v) is 3.72. The summed E-state index contributed by atoms with van der Waals surface area (Å²) in [6, 6.07) is 11.0. The van der Waals surface area contributed by atoms with E-state index in [4.69, 9.17) is 4.74 Å². The lowest BCUT2D eigenvalue weighted by Gasteiger charge is -2.26. The average molecular weight is 337 g/mol. The number of ether oxygens (including phenoxy) is 1. The highest BCUT2D eigenvalue weighted by atomic mass is 16.5. The third-order valence-electron chi connectivity index (χ3n) is 4.97. The number of nitrogens with zero attached hydrogens (tertiary/aromatic N) is 4. The predicted octanol–water partition coefficient (Wildman–Crippen LogP) is 3.40. The van der Waals surface area contributed by atoms with Crippen LogP contribution >= 0.6 is 0 Å². The average Bonchev–Trinajstić information content (AvgIpc) is 3.03. The minimum absolute atomic E-state index is 0.240. The molecule has 3 aromatic rings. The Hall–Kier alpha value is -2.47. The van der Waals surface area contributed by atoms with E-state index < -0.39 is 0 Å². The standard InChI is InChI=1S/C19H23N5O/c1-13-6-5-8-14-7-3-4-9-16(14)18(13)23-17-10-15(11-25-2)22-19-20-12-21-24(17)19/h3-4,7,9-10,12-13,18,23H,5-6,8,11H2,1-2H3/t13-,18-/m0/s1. The lowest BCUT2D eigenvalue weighted by atomic mass is 9.92. The number of hydrogen-bond acceptors (Lipinski definition) is 5. The van der Waals surface area contributed by atoms with Gasteiger partial charge in [-0.1, -0.05) is 31.2 Å². The Morgan fingerprint density at radius 3 is 3.08 bits per heavy atom. The molecule has 2 atom stereocenters. The molecule has 1 aliphatic carbocycles. The fraction of sp³-hybridized carbons (Fsp3) is 0.421. The van der Waals surface area contributed by atoms with E-state index in [0.29, 0.717) is 18.3 Å². The first-order chi connectivity index (χ1) is 12.3. The van der Waals surface area contributed by atoms with Gasteiger partial charge in [0, 0.05) is 13.2 Å². The Kier molecular flexibility index (Phi) is 4.36. The molecule has 0 bridgehead atoms. The lowest BCUT2D eigenvalue weighted by molar-refractivity contribution is 0.181. The van der Waals surface area contributed by atoms with Crippen molar-refractivity contribution in [2.45, 2.75) is 38.8 Å². The number of fused-ring (bicyclic) bond motifs is 2. The lowest BCUT2D eigenvalue weighted by Crippen LogP contribution is -2.20. The molecule has 0 fully saturated rings. The van der Waals surface area contributed by atoms with Crippen LogP contribution in [0.3, 0.4) is 0 Å². The van der Waals surface area contributed by atoms with Gasteiger partial charge in [-0.25, -0.2) is 4.98 Å². The molecule has 2 aromatic heterocycles. The van der Waals surface area contributed by atoms with Crippen LogP contribution in [-0.2, 0) is 17.8 Å². The Morgan fingerprint density at radius 2 is 2.20 bits per heavy atom. The third kappa shape index (κ3) is 3.09. The Labute approximate surface area is 147 Å². The second kappa shape index (κ2) is 6.80. The molecule has 0 saturated heterocycles. The van der Waals surface area contributed by atoms with E-state index in [-0.39, 0.29) is 6.04 Å². The van der Waals surface area contributed by atoms with Crippen molar-refractivity contribution in [3.8, 4) is 0 Å². The maximum Gasteiger partial charge on any atom is 0.254 e. The van der Waals surface area contributed by atoms with Crippen molar-refractivity contribution in [3.05, 3.63) is 53.5 Å². The summed E-state index contributed by atoms with van der Waals surface area (Å²) in [6.45, 7) is 2.77. The van der Waals surface area contributed by atoms with E-state index >= 15 is 0 Å². The van der Waals surface area contributed by atoms with Crippen LogP contribution in [0.2, 0.25) is 0 Å². The van der Waals surface area contributed by atoms with Crippen LogP contribution in [0, 0.1) is 5.92 Å². The summed E-state index contributed by atoms with van der Waals surface area (Å²) >= 11 is 0. The van der Waals surface area contributed by atoms with Crippen LogP contribution in [0.5, 0.6) is 0 Å². The zero-order valence-electron chi connectivity index (χ0n) is 14.6. The van der Waals surface area contributed by atoms with E-state index in [1.807, 2.05) is 6.07 Å². The Balaban J connectivity index is 1.76. The van der Waals surface area contributed by atoms with Gasteiger partial charge in [-0.2, -0.15) is 14.6 Å². The summed E-state index contributed by atoms with van der Waals surface area (Å²) < 4.78 is 7.01. The molecule has 0 spiro atoms. The second-order valence-corrected chi connectivity index (χ2v) is 6.73. The molecule has 0 amide bonds. The van der Waals surface area contributed by atoms with Crippen LogP contribution in [0.25, 0.3) is 5.78 Å². The monoisotopic (exact) mass is 337 g/mol. The summed E-state index contributed by atoms with van der Waals surface area (Å²) in [5.74, 6) is 2.02. The molecule has 0 aliphatic heterocycles. The van der Waals surface area contributed by atoms with E-state index in [9.17, 15) is 0 Å². The van der Waals surface area contributed by atoms with E-state index in [1.54, 1.807) is 11.6 Å². The van der Waals surface area contributed by atoms with E-state index in [1.165, 1.54) is 30.3 Å². The number of benzene rings is 1. The molecule has 1 aromatic carbocycles. The van der Waals surface area contributed by atoms with Crippen molar-refractivity contribution in [3.63, 3.8) is 0 Å². The van der Waals surface area contributed by atoms with Gasteiger partial charge in [0.25, 0.3) is 5.78 Å². The summed E-state index contributed by atoms with van der Waals surface area (Å²) in [7, 11) is 1.67. The van der Waals surface area contributed by atoms with Crippen molar-refractivity contribution in [1.29, 1.82) is 0 Å². The molecule has 4 rings (SSSR count). The zero-order chi connectivity index (χ0) is 17.2. The molecule has 0 saturated carbocycles. The highest BCUT2D eigenvalue weighted by molar-refractivity contribution is 5.48. The molecular formula is C19H23N5O.